The molecule has 0 aromatic heterocycles. The van der Waals surface area contributed by atoms with E-state index in [1.165, 1.54) is 4.90 Å². The third-order valence-corrected chi connectivity index (χ3v) is 2.83. The van der Waals surface area contributed by atoms with Crippen molar-refractivity contribution in [3.8, 4) is 6.07 Å². The van der Waals surface area contributed by atoms with E-state index in [4.69, 9.17) is 10.4 Å². The maximum Gasteiger partial charge on any atom is 0.328 e. The van der Waals surface area contributed by atoms with E-state index in [9.17, 15) is 13.6 Å². The lowest BCUT2D eigenvalue weighted by molar-refractivity contribution is -0.131. The fraction of sp³-hybridized carbons (Fsp3) is 0.333. The Hall–Kier alpha value is -2.42. The summed E-state index contributed by atoms with van der Waals surface area (Å²) in [7, 11) is 0. The topological polar surface area (TPSA) is 64.3 Å². The number of nitriles is 1. The Balaban J connectivity index is 3.19. The molecule has 4 nitrogen and oxygen atoms in total. The number of hydrogen-bond donors (Lipinski definition) is 1. The van der Waals surface area contributed by atoms with E-state index in [-0.39, 0.29) is 30.3 Å². The molecule has 0 bridgehead atoms. The molecular weight excluding hydrogens is 278 g/mol. The van der Waals surface area contributed by atoms with Crippen LogP contribution in [0.25, 0.3) is 6.08 Å². The summed E-state index contributed by atoms with van der Waals surface area (Å²) in [4.78, 5) is 11.9. The molecule has 1 aromatic rings. The van der Waals surface area contributed by atoms with Gasteiger partial charge in [0.15, 0.2) is 0 Å². The summed E-state index contributed by atoms with van der Waals surface area (Å²) in [5.41, 5.74) is -0.0761. The van der Waals surface area contributed by atoms with Crippen LogP contribution in [-0.4, -0.2) is 23.7 Å². The molecule has 0 spiro atoms. The number of anilines is 1. The fourth-order valence-corrected chi connectivity index (χ4v) is 1.92. The van der Waals surface area contributed by atoms with Gasteiger partial charge in [0, 0.05) is 18.7 Å². The normalized spacial score (nSPS) is 10.9. The molecule has 0 heterocycles. The molecule has 0 aliphatic rings. The van der Waals surface area contributed by atoms with Gasteiger partial charge in [-0.15, -0.1) is 0 Å². The van der Waals surface area contributed by atoms with Crippen LogP contribution < -0.4 is 4.90 Å². The van der Waals surface area contributed by atoms with Crippen molar-refractivity contribution in [2.45, 2.75) is 26.3 Å². The lowest BCUT2D eigenvalue weighted by Crippen LogP contribution is -2.33. The Bertz CT molecular complexity index is 569. The quantitative estimate of drug-likeness (QED) is 0.818. The zero-order valence-electron chi connectivity index (χ0n) is 11.8. The van der Waals surface area contributed by atoms with Gasteiger partial charge in [-0.2, -0.15) is 5.26 Å². The van der Waals surface area contributed by atoms with E-state index in [2.05, 4.69) is 0 Å². The van der Waals surface area contributed by atoms with Crippen LogP contribution in [0.1, 0.15) is 25.8 Å². The first-order valence-corrected chi connectivity index (χ1v) is 6.40. The molecule has 0 amide bonds. The fourth-order valence-electron chi connectivity index (χ4n) is 1.92. The summed E-state index contributed by atoms with van der Waals surface area (Å²) >= 11 is 0. The number of carbonyl (C=O) groups is 1. The molecule has 0 atom stereocenters. The Labute approximate surface area is 121 Å². The lowest BCUT2D eigenvalue weighted by Gasteiger charge is -2.29. The van der Waals surface area contributed by atoms with E-state index in [0.29, 0.717) is 0 Å². The SMILES string of the molecule is CC(C)N(CCC#N)c1c(F)cc(C=CC(=O)O)cc1F. The number of halogens is 2. The second-order valence-corrected chi connectivity index (χ2v) is 4.70. The minimum atomic E-state index is -1.20. The molecule has 0 aliphatic heterocycles. The van der Waals surface area contributed by atoms with Gasteiger partial charge in [0.25, 0.3) is 0 Å². The molecule has 0 fully saturated rings. The van der Waals surface area contributed by atoms with Crippen LogP contribution in [0.4, 0.5) is 14.5 Å². The van der Waals surface area contributed by atoms with Crippen LogP contribution in [-0.2, 0) is 4.79 Å². The van der Waals surface area contributed by atoms with Crippen molar-refractivity contribution >= 4 is 17.7 Å². The number of benzene rings is 1. The molecule has 0 unspecified atom stereocenters. The van der Waals surface area contributed by atoms with E-state index >= 15 is 0 Å². The largest absolute Gasteiger partial charge is 0.478 e. The third kappa shape index (κ3) is 4.56. The molecule has 1 N–H and O–H groups in total. The highest BCUT2D eigenvalue weighted by molar-refractivity contribution is 5.85. The zero-order valence-corrected chi connectivity index (χ0v) is 11.8. The van der Waals surface area contributed by atoms with E-state index in [1.54, 1.807) is 13.8 Å². The molecule has 0 radical (unpaired) electrons. The van der Waals surface area contributed by atoms with Crippen molar-refractivity contribution in [2.75, 3.05) is 11.4 Å². The number of carboxylic acid groups (broad SMARTS) is 1. The lowest BCUT2D eigenvalue weighted by atomic mass is 10.1. The number of aliphatic carboxylic acids is 1. The van der Waals surface area contributed by atoms with E-state index < -0.39 is 17.6 Å². The Morgan fingerprint density at radius 3 is 2.43 bits per heavy atom. The van der Waals surface area contributed by atoms with Gasteiger partial charge in [0.1, 0.15) is 17.3 Å². The molecule has 0 aliphatic carbocycles. The first kappa shape index (κ1) is 16.6. The molecule has 112 valence electrons. The molecule has 1 aromatic carbocycles. The monoisotopic (exact) mass is 294 g/mol. The Morgan fingerprint density at radius 1 is 1.43 bits per heavy atom. The second kappa shape index (κ2) is 7.39. The van der Waals surface area contributed by atoms with Gasteiger partial charge in [-0.1, -0.05) is 0 Å². The summed E-state index contributed by atoms with van der Waals surface area (Å²) < 4.78 is 28.3. The first-order valence-electron chi connectivity index (χ1n) is 6.40. The highest BCUT2D eigenvalue weighted by atomic mass is 19.1. The first-order chi connectivity index (χ1) is 9.86. The summed E-state index contributed by atoms with van der Waals surface area (Å²) in [6.07, 6.45) is 2.08. The van der Waals surface area contributed by atoms with Gasteiger partial charge >= 0.3 is 5.97 Å². The van der Waals surface area contributed by atoms with Crippen molar-refractivity contribution in [2.24, 2.45) is 0 Å². The zero-order chi connectivity index (χ0) is 16.0. The number of nitrogens with zero attached hydrogens (tertiary/aromatic N) is 2. The van der Waals surface area contributed by atoms with Gasteiger partial charge in [-0.3, -0.25) is 0 Å². The van der Waals surface area contributed by atoms with Crippen molar-refractivity contribution in [1.82, 2.24) is 0 Å². The van der Waals surface area contributed by atoms with Crippen molar-refractivity contribution in [1.29, 1.82) is 5.26 Å². The third-order valence-electron chi connectivity index (χ3n) is 2.83. The molecule has 6 heteroatoms. The average molecular weight is 294 g/mol. The van der Waals surface area contributed by atoms with Crippen LogP contribution in [0, 0.1) is 23.0 Å². The molecular formula is C15H16F2N2O2. The molecule has 21 heavy (non-hydrogen) atoms. The molecule has 0 saturated carbocycles. The van der Waals surface area contributed by atoms with Crippen LogP contribution >= 0.6 is 0 Å². The van der Waals surface area contributed by atoms with Crippen molar-refractivity contribution in [3.05, 3.63) is 35.4 Å². The molecule has 1 rings (SSSR count). The maximum absolute atomic E-state index is 14.1. The number of carboxylic acids is 1. The summed E-state index contributed by atoms with van der Waals surface area (Å²) in [6, 6.07) is 3.90. The van der Waals surface area contributed by atoms with Gasteiger partial charge < -0.3 is 10.0 Å². The smallest absolute Gasteiger partial charge is 0.328 e. The maximum atomic E-state index is 14.1. The van der Waals surface area contributed by atoms with Gasteiger partial charge in [-0.25, -0.2) is 13.6 Å². The Kier molecular flexibility index (Phi) is 5.85. The van der Waals surface area contributed by atoms with Crippen LogP contribution in [0.5, 0.6) is 0 Å². The summed E-state index contributed by atoms with van der Waals surface area (Å²) in [5.74, 6) is -2.77. The van der Waals surface area contributed by atoms with Crippen LogP contribution in [0.3, 0.4) is 0 Å². The van der Waals surface area contributed by atoms with Crippen LogP contribution in [0.15, 0.2) is 18.2 Å². The highest BCUT2D eigenvalue weighted by Gasteiger charge is 2.19. The van der Waals surface area contributed by atoms with Crippen LogP contribution in [0.2, 0.25) is 0 Å². The predicted molar refractivity (Wildman–Crippen MR) is 75.7 cm³/mol. The second-order valence-electron chi connectivity index (χ2n) is 4.70. The van der Waals surface area contributed by atoms with Gasteiger partial charge in [0.05, 0.1) is 12.5 Å². The van der Waals surface area contributed by atoms with Gasteiger partial charge in [0.2, 0.25) is 0 Å². The van der Waals surface area contributed by atoms with E-state index in [1.807, 2.05) is 6.07 Å². The summed E-state index contributed by atoms with van der Waals surface area (Å²) in [6.45, 7) is 3.76. The molecule has 0 saturated heterocycles. The van der Waals surface area contributed by atoms with Gasteiger partial charge in [-0.05, 0) is 37.6 Å². The standard InChI is InChI=1S/C15H16F2N2O2/c1-10(2)19(7-3-6-18)15-12(16)8-11(9-13(15)17)4-5-14(20)21/h4-5,8-10H,3,7H2,1-2H3,(H,20,21). The van der Waals surface area contributed by atoms with Crippen molar-refractivity contribution in [3.63, 3.8) is 0 Å². The highest BCUT2D eigenvalue weighted by Crippen LogP contribution is 2.27. The van der Waals surface area contributed by atoms with E-state index in [0.717, 1.165) is 24.3 Å². The number of rotatable bonds is 6. The minimum absolute atomic E-state index is 0.125. The minimum Gasteiger partial charge on any atom is -0.478 e. The Morgan fingerprint density at radius 2 is 2.00 bits per heavy atom. The van der Waals surface area contributed by atoms with Crippen molar-refractivity contribution < 1.29 is 18.7 Å². The number of hydrogen-bond acceptors (Lipinski definition) is 3. The predicted octanol–water partition coefficient (Wildman–Crippen LogP) is 3.19. The average Bonchev–Trinajstić information content (AvgIpc) is 2.39. The summed E-state index contributed by atoms with van der Waals surface area (Å²) in [5, 5.41) is 17.1.